The van der Waals surface area contributed by atoms with Crippen molar-refractivity contribution < 1.29 is 24.2 Å². The van der Waals surface area contributed by atoms with Crippen LogP contribution in [0.3, 0.4) is 0 Å². The molecule has 4 rings (SSSR count). The van der Waals surface area contributed by atoms with Gasteiger partial charge in [0.1, 0.15) is 11.6 Å². The number of likely N-dealkylation sites (tertiary alicyclic amines) is 1. The second-order valence-electron chi connectivity index (χ2n) is 9.92. The van der Waals surface area contributed by atoms with Crippen molar-refractivity contribution in [2.45, 2.75) is 48.8 Å². The van der Waals surface area contributed by atoms with Crippen molar-refractivity contribution in [2.75, 3.05) is 37.7 Å². The standard InChI is InChI=1S/C28H36BrN3O5/c1-4-7-15-30(13-5-2)27(36)24-28-18-20(29)23(37-28)21(22(28)26(35)32(24)16-17-33)25(34)31(14-6-3)19-11-9-8-10-12-19/h5-6,8-12,20-24,33H,2-4,7,13-18H2,1H3/t20?,21-,22+,23-,24?,28?/m1/s1. The van der Waals surface area contributed by atoms with Crippen LogP contribution in [0.1, 0.15) is 26.2 Å². The van der Waals surface area contributed by atoms with Crippen LogP contribution >= 0.6 is 15.9 Å². The topological polar surface area (TPSA) is 90.4 Å². The van der Waals surface area contributed by atoms with Crippen LogP contribution in [0.5, 0.6) is 0 Å². The van der Waals surface area contributed by atoms with Gasteiger partial charge in [-0.05, 0) is 25.0 Å². The number of aliphatic hydroxyl groups is 1. The van der Waals surface area contributed by atoms with Crippen molar-refractivity contribution >= 4 is 39.3 Å². The number of unbranched alkanes of at least 4 members (excludes halogenated alkanes) is 1. The van der Waals surface area contributed by atoms with Crippen LogP contribution in [0, 0.1) is 11.8 Å². The molecule has 3 unspecified atom stereocenters. The number of carbonyl (C=O) groups is 3. The van der Waals surface area contributed by atoms with Gasteiger partial charge in [-0.15, -0.1) is 13.2 Å². The zero-order valence-corrected chi connectivity index (χ0v) is 22.9. The molecule has 0 aromatic heterocycles. The number of hydrogen-bond donors (Lipinski definition) is 1. The summed E-state index contributed by atoms with van der Waals surface area (Å²) in [7, 11) is 0. The third kappa shape index (κ3) is 4.66. The number of hydrogen-bond acceptors (Lipinski definition) is 5. The van der Waals surface area contributed by atoms with Gasteiger partial charge >= 0.3 is 0 Å². The number of ether oxygens (including phenoxy) is 1. The van der Waals surface area contributed by atoms with Crippen molar-refractivity contribution in [3.05, 3.63) is 55.6 Å². The van der Waals surface area contributed by atoms with E-state index in [1.165, 1.54) is 4.90 Å². The van der Waals surface area contributed by atoms with Gasteiger partial charge in [0, 0.05) is 36.7 Å². The van der Waals surface area contributed by atoms with E-state index < -0.39 is 29.6 Å². The molecule has 3 fully saturated rings. The Labute approximate surface area is 227 Å². The monoisotopic (exact) mass is 573 g/mol. The molecule has 3 aliphatic heterocycles. The third-order valence-electron chi connectivity index (χ3n) is 7.74. The zero-order valence-electron chi connectivity index (χ0n) is 21.3. The first-order chi connectivity index (χ1) is 17.9. The number of anilines is 1. The Morgan fingerprint density at radius 1 is 1.22 bits per heavy atom. The molecule has 200 valence electrons. The van der Waals surface area contributed by atoms with E-state index in [9.17, 15) is 19.5 Å². The largest absolute Gasteiger partial charge is 0.395 e. The van der Waals surface area contributed by atoms with Gasteiger partial charge in [0.25, 0.3) is 0 Å². The average molecular weight is 575 g/mol. The van der Waals surface area contributed by atoms with E-state index in [0.717, 1.165) is 12.8 Å². The fraction of sp³-hybridized carbons (Fsp3) is 0.536. The minimum Gasteiger partial charge on any atom is -0.395 e. The van der Waals surface area contributed by atoms with Crippen LogP contribution in [0.25, 0.3) is 0 Å². The van der Waals surface area contributed by atoms with Crippen molar-refractivity contribution in [3.63, 3.8) is 0 Å². The average Bonchev–Trinajstić information content (AvgIpc) is 3.48. The number of para-hydroxylation sites is 1. The Morgan fingerprint density at radius 3 is 2.54 bits per heavy atom. The zero-order chi connectivity index (χ0) is 26.7. The molecule has 6 atom stereocenters. The number of β-amino-alcohol motifs (C(OH)–C–C–N with tert-alkyl or cyclic N) is 1. The molecule has 1 N–H and O–H groups in total. The summed E-state index contributed by atoms with van der Waals surface area (Å²) in [4.78, 5) is 46.7. The Kier molecular flexibility index (Phi) is 8.56. The van der Waals surface area contributed by atoms with Crippen molar-refractivity contribution in [3.8, 4) is 0 Å². The molecule has 3 aliphatic rings. The van der Waals surface area contributed by atoms with Crippen molar-refractivity contribution in [2.24, 2.45) is 11.8 Å². The number of nitrogens with zero attached hydrogens (tertiary/aromatic N) is 3. The highest BCUT2D eigenvalue weighted by atomic mass is 79.9. The molecular formula is C28H36BrN3O5. The lowest BCUT2D eigenvalue weighted by Crippen LogP contribution is -2.57. The molecular weight excluding hydrogens is 538 g/mol. The highest BCUT2D eigenvalue weighted by Crippen LogP contribution is 2.60. The van der Waals surface area contributed by atoms with E-state index in [2.05, 4.69) is 36.0 Å². The van der Waals surface area contributed by atoms with Crippen LogP contribution in [0.4, 0.5) is 5.69 Å². The maximum atomic E-state index is 14.1. The molecule has 3 amide bonds. The number of rotatable bonds is 12. The summed E-state index contributed by atoms with van der Waals surface area (Å²) in [6.07, 6.45) is 4.94. The summed E-state index contributed by atoms with van der Waals surface area (Å²) in [6.45, 7) is 10.5. The van der Waals surface area contributed by atoms with Gasteiger partial charge in [-0.1, -0.05) is 59.6 Å². The molecule has 1 aromatic carbocycles. The Hall–Kier alpha value is -2.49. The van der Waals surface area contributed by atoms with Gasteiger partial charge in [-0.25, -0.2) is 0 Å². The number of alkyl halides is 1. The van der Waals surface area contributed by atoms with Gasteiger partial charge < -0.3 is 24.5 Å². The van der Waals surface area contributed by atoms with E-state index >= 15 is 0 Å². The smallest absolute Gasteiger partial charge is 0.248 e. The Morgan fingerprint density at radius 2 is 1.92 bits per heavy atom. The lowest BCUT2D eigenvalue weighted by Gasteiger charge is -2.37. The first kappa shape index (κ1) is 27.5. The SMILES string of the molecule is C=CCN(CCCC)C(=O)C1N(CCO)C(=O)[C@@H]2[C@@H](C(=O)N(CC=C)c3ccccc3)[C@@H]3OC12CC3Br. The summed E-state index contributed by atoms with van der Waals surface area (Å²) in [5.41, 5.74) is -0.442. The van der Waals surface area contributed by atoms with Gasteiger partial charge in [0.15, 0.2) is 0 Å². The molecule has 3 saturated heterocycles. The number of benzene rings is 1. The number of halogens is 1. The van der Waals surface area contributed by atoms with Crippen LogP contribution in [0.15, 0.2) is 55.6 Å². The number of amides is 3. The molecule has 1 spiro atoms. The normalized spacial score (nSPS) is 29.8. The molecule has 9 heteroatoms. The summed E-state index contributed by atoms with van der Waals surface area (Å²) < 4.78 is 6.57. The number of aliphatic hydroxyl groups excluding tert-OH is 1. The minimum atomic E-state index is -1.15. The van der Waals surface area contributed by atoms with Crippen molar-refractivity contribution in [1.82, 2.24) is 9.80 Å². The fourth-order valence-electron chi connectivity index (χ4n) is 6.25. The second-order valence-corrected chi connectivity index (χ2v) is 11.1. The van der Waals surface area contributed by atoms with E-state index in [1.54, 1.807) is 22.0 Å². The van der Waals surface area contributed by atoms with Gasteiger partial charge in [-0.2, -0.15) is 0 Å². The molecule has 0 saturated carbocycles. The Bertz CT molecular complexity index is 1040. The van der Waals surface area contributed by atoms with Gasteiger partial charge in [0.2, 0.25) is 17.7 Å². The lowest BCUT2D eigenvalue weighted by molar-refractivity contribution is -0.148. The fourth-order valence-corrected chi connectivity index (χ4v) is 7.19. The minimum absolute atomic E-state index is 0.000143. The predicted octanol–water partition coefficient (Wildman–Crippen LogP) is 2.76. The molecule has 2 bridgehead atoms. The van der Waals surface area contributed by atoms with Crippen LogP contribution in [0.2, 0.25) is 0 Å². The van der Waals surface area contributed by atoms with Crippen LogP contribution in [-0.2, 0) is 19.1 Å². The predicted molar refractivity (Wildman–Crippen MR) is 145 cm³/mol. The van der Waals surface area contributed by atoms with Gasteiger partial charge in [0.05, 0.1) is 24.5 Å². The van der Waals surface area contributed by atoms with E-state index in [-0.39, 0.29) is 42.2 Å². The van der Waals surface area contributed by atoms with Gasteiger partial charge in [-0.3, -0.25) is 14.4 Å². The highest BCUT2D eigenvalue weighted by Gasteiger charge is 2.76. The second kappa shape index (κ2) is 11.5. The van der Waals surface area contributed by atoms with E-state index in [1.807, 2.05) is 30.3 Å². The van der Waals surface area contributed by atoms with E-state index in [0.29, 0.717) is 25.2 Å². The summed E-state index contributed by atoms with van der Waals surface area (Å²) >= 11 is 3.71. The molecule has 1 aromatic rings. The number of carbonyl (C=O) groups excluding carboxylic acids is 3. The summed E-state index contributed by atoms with van der Waals surface area (Å²) in [5, 5.41) is 9.82. The highest BCUT2D eigenvalue weighted by molar-refractivity contribution is 9.09. The van der Waals surface area contributed by atoms with Crippen molar-refractivity contribution in [1.29, 1.82) is 0 Å². The van der Waals surface area contributed by atoms with Crippen LogP contribution < -0.4 is 4.90 Å². The first-order valence-electron chi connectivity index (χ1n) is 13.0. The lowest BCUT2D eigenvalue weighted by atomic mass is 9.70. The number of fused-ring (bicyclic) bond motifs is 1. The third-order valence-corrected chi connectivity index (χ3v) is 8.58. The molecule has 0 aliphatic carbocycles. The van der Waals surface area contributed by atoms with Crippen LogP contribution in [-0.4, -0.2) is 88.0 Å². The molecule has 37 heavy (non-hydrogen) atoms. The summed E-state index contributed by atoms with van der Waals surface area (Å²) in [5.74, 6) is -2.35. The maximum absolute atomic E-state index is 14.1. The van der Waals surface area contributed by atoms with E-state index in [4.69, 9.17) is 4.74 Å². The quantitative estimate of drug-likeness (QED) is 0.307. The molecule has 0 radical (unpaired) electrons. The Balaban J connectivity index is 1.75. The molecule has 3 heterocycles. The maximum Gasteiger partial charge on any atom is 0.248 e. The molecule has 8 nitrogen and oxygen atoms in total. The summed E-state index contributed by atoms with van der Waals surface area (Å²) in [6, 6.07) is 8.36. The first-order valence-corrected chi connectivity index (χ1v) is 13.9.